The van der Waals surface area contributed by atoms with Crippen molar-refractivity contribution >= 4 is 11.8 Å². The lowest BCUT2D eigenvalue weighted by Crippen LogP contribution is -1.83. The molecule has 2 aromatic carbocycles. The van der Waals surface area contributed by atoms with Crippen LogP contribution >= 0.6 is 11.8 Å². The molecule has 0 nitrogen and oxygen atoms in total. The zero-order chi connectivity index (χ0) is 11.5. The van der Waals surface area contributed by atoms with E-state index in [-0.39, 0.29) is 7.43 Å². The Labute approximate surface area is 109 Å². The monoisotopic (exact) mass is 244 g/mol. The van der Waals surface area contributed by atoms with E-state index >= 15 is 0 Å². The normalized spacial score (nSPS) is 9.82. The van der Waals surface area contributed by atoms with E-state index in [4.69, 9.17) is 0 Å². The Kier molecular flexibility index (Phi) is 4.83. The van der Waals surface area contributed by atoms with Crippen molar-refractivity contribution in [1.29, 1.82) is 0 Å². The van der Waals surface area contributed by atoms with Crippen molar-refractivity contribution < 1.29 is 0 Å². The molecule has 0 saturated heterocycles. The summed E-state index contributed by atoms with van der Waals surface area (Å²) in [5, 5.41) is 0. The number of benzene rings is 2. The third-order valence-electron chi connectivity index (χ3n) is 2.64. The summed E-state index contributed by atoms with van der Waals surface area (Å²) >= 11 is 1.85. The van der Waals surface area contributed by atoms with Gasteiger partial charge in [0, 0.05) is 9.79 Å². The quantitative estimate of drug-likeness (QED) is 0.681. The summed E-state index contributed by atoms with van der Waals surface area (Å²) in [4.78, 5) is 2.69. The molecule has 2 aromatic rings. The minimum absolute atomic E-state index is 0. The predicted octanol–water partition coefficient (Wildman–Crippen LogP) is 5.40. The largest absolute Gasteiger partial charge is 0.0895 e. The van der Waals surface area contributed by atoms with E-state index in [9.17, 15) is 0 Å². The summed E-state index contributed by atoms with van der Waals surface area (Å²) in [7, 11) is 0. The van der Waals surface area contributed by atoms with Gasteiger partial charge in [-0.2, -0.15) is 0 Å². The smallest absolute Gasteiger partial charge is 0.0151 e. The second kappa shape index (κ2) is 5.92. The minimum Gasteiger partial charge on any atom is -0.0895 e. The highest BCUT2D eigenvalue weighted by molar-refractivity contribution is 7.99. The Balaban J connectivity index is 0.00000144. The fourth-order valence-electron chi connectivity index (χ4n) is 1.70. The molecule has 0 heterocycles. The highest BCUT2D eigenvalue weighted by Crippen LogP contribution is 2.32. The van der Waals surface area contributed by atoms with E-state index in [2.05, 4.69) is 63.2 Å². The van der Waals surface area contributed by atoms with E-state index in [1.54, 1.807) is 0 Å². The lowest BCUT2D eigenvalue weighted by molar-refractivity contribution is 1.24. The maximum atomic E-state index is 2.24. The molecule has 17 heavy (non-hydrogen) atoms. The van der Waals surface area contributed by atoms with Crippen molar-refractivity contribution in [3.63, 3.8) is 0 Å². The molecule has 1 heteroatoms. The number of rotatable bonds is 2. The topological polar surface area (TPSA) is 0 Å². The summed E-state index contributed by atoms with van der Waals surface area (Å²) < 4.78 is 0. The molecule has 2 rings (SSSR count). The number of aryl methyl sites for hydroxylation is 3. The van der Waals surface area contributed by atoms with Gasteiger partial charge in [-0.1, -0.05) is 55.1 Å². The van der Waals surface area contributed by atoms with Gasteiger partial charge < -0.3 is 0 Å². The zero-order valence-electron chi connectivity index (χ0n) is 9.95. The number of hydrogen-bond acceptors (Lipinski definition) is 1. The molecule has 0 fully saturated rings. The fraction of sp³-hybridized carbons (Fsp3) is 0.250. The van der Waals surface area contributed by atoms with Crippen LogP contribution in [-0.4, -0.2) is 0 Å². The molecule has 0 spiro atoms. The van der Waals surface area contributed by atoms with Crippen LogP contribution in [0.25, 0.3) is 0 Å². The van der Waals surface area contributed by atoms with Gasteiger partial charge in [0.05, 0.1) is 0 Å². The molecule has 0 aliphatic heterocycles. The first kappa shape index (κ1) is 13.9. The standard InChI is InChI=1S/C15H16S.CH4/c1-11-8-9-15(13(3)10-11)16-14-7-5-4-6-12(14)2;/h4-10H,1-3H3;1H4. The highest BCUT2D eigenvalue weighted by Gasteiger charge is 2.03. The van der Waals surface area contributed by atoms with Crippen LogP contribution in [0.5, 0.6) is 0 Å². The maximum absolute atomic E-state index is 2.24. The van der Waals surface area contributed by atoms with Crippen LogP contribution in [0.2, 0.25) is 0 Å². The van der Waals surface area contributed by atoms with Crippen molar-refractivity contribution in [2.75, 3.05) is 0 Å². The van der Waals surface area contributed by atoms with E-state index in [0.29, 0.717) is 0 Å². The molecule has 90 valence electrons. The fourth-order valence-corrected chi connectivity index (χ4v) is 2.67. The molecule has 0 saturated carbocycles. The van der Waals surface area contributed by atoms with Crippen molar-refractivity contribution in [3.8, 4) is 0 Å². The zero-order valence-corrected chi connectivity index (χ0v) is 10.8. The van der Waals surface area contributed by atoms with Crippen LogP contribution in [-0.2, 0) is 0 Å². The molecule has 0 aliphatic carbocycles. The molecular formula is C16H20S. The lowest BCUT2D eigenvalue weighted by Gasteiger charge is -2.08. The average Bonchev–Trinajstić information content (AvgIpc) is 2.25. The summed E-state index contributed by atoms with van der Waals surface area (Å²) in [6.07, 6.45) is 0. The molecule has 0 aromatic heterocycles. The van der Waals surface area contributed by atoms with Gasteiger partial charge in [0.1, 0.15) is 0 Å². The van der Waals surface area contributed by atoms with Gasteiger partial charge in [-0.05, 0) is 44.0 Å². The second-order valence-electron chi connectivity index (χ2n) is 4.14. The Morgan fingerprint density at radius 2 is 1.41 bits per heavy atom. The second-order valence-corrected chi connectivity index (χ2v) is 5.22. The maximum Gasteiger partial charge on any atom is 0.0151 e. The summed E-state index contributed by atoms with van der Waals surface area (Å²) in [5.41, 5.74) is 4.02. The van der Waals surface area contributed by atoms with Crippen LogP contribution < -0.4 is 0 Å². The Hall–Kier alpha value is -1.21. The van der Waals surface area contributed by atoms with Crippen LogP contribution in [0.15, 0.2) is 52.3 Å². The molecule has 0 bridgehead atoms. The van der Waals surface area contributed by atoms with E-state index in [1.807, 2.05) is 11.8 Å². The van der Waals surface area contributed by atoms with Crippen LogP contribution in [0.3, 0.4) is 0 Å². The van der Waals surface area contributed by atoms with Crippen molar-refractivity contribution in [2.24, 2.45) is 0 Å². The summed E-state index contributed by atoms with van der Waals surface area (Å²) in [5.74, 6) is 0. The van der Waals surface area contributed by atoms with E-state index < -0.39 is 0 Å². The first-order valence-electron chi connectivity index (χ1n) is 5.47. The SMILES string of the molecule is C.Cc1ccc(Sc2ccccc2C)c(C)c1. The molecule has 0 unspecified atom stereocenters. The van der Waals surface area contributed by atoms with Gasteiger partial charge in [-0.3, -0.25) is 0 Å². The third-order valence-corrected chi connectivity index (χ3v) is 4.00. The van der Waals surface area contributed by atoms with Crippen LogP contribution in [0.1, 0.15) is 24.1 Å². The van der Waals surface area contributed by atoms with Gasteiger partial charge in [-0.25, -0.2) is 0 Å². The Morgan fingerprint density at radius 1 is 0.765 bits per heavy atom. The first-order chi connectivity index (χ1) is 7.66. The third kappa shape index (κ3) is 3.37. The highest BCUT2D eigenvalue weighted by atomic mass is 32.2. The van der Waals surface area contributed by atoms with Gasteiger partial charge in [0.25, 0.3) is 0 Å². The van der Waals surface area contributed by atoms with Crippen molar-refractivity contribution in [3.05, 3.63) is 59.2 Å². The number of hydrogen-bond donors (Lipinski definition) is 0. The summed E-state index contributed by atoms with van der Waals surface area (Å²) in [6, 6.07) is 15.1. The molecule has 0 atom stereocenters. The van der Waals surface area contributed by atoms with Gasteiger partial charge in [0.15, 0.2) is 0 Å². The minimum atomic E-state index is 0. The van der Waals surface area contributed by atoms with Crippen molar-refractivity contribution in [1.82, 2.24) is 0 Å². The van der Waals surface area contributed by atoms with Crippen molar-refractivity contribution in [2.45, 2.75) is 38.0 Å². The van der Waals surface area contributed by atoms with Gasteiger partial charge in [0.2, 0.25) is 0 Å². The molecule has 0 aliphatic rings. The summed E-state index contributed by atoms with van der Waals surface area (Å²) in [6.45, 7) is 6.47. The van der Waals surface area contributed by atoms with Gasteiger partial charge in [-0.15, -0.1) is 0 Å². The first-order valence-corrected chi connectivity index (χ1v) is 6.29. The van der Waals surface area contributed by atoms with Crippen LogP contribution in [0, 0.1) is 20.8 Å². The van der Waals surface area contributed by atoms with Crippen LogP contribution in [0.4, 0.5) is 0 Å². The van der Waals surface area contributed by atoms with E-state index in [0.717, 1.165) is 0 Å². The molecular weight excluding hydrogens is 224 g/mol. The molecule has 0 radical (unpaired) electrons. The lowest BCUT2D eigenvalue weighted by atomic mass is 10.2. The molecule has 0 N–H and O–H groups in total. The van der Waals surface area contributed by atoms with Gasteiger partial charge >= 0.3 is 0 Å². The van der Waals surface area contributed by atoms with E-state index in [1.165, 1.54) is 26.5 Å². The predicted molar refractivity (Wildman–Crippen MR) is 77.9 cm³/mol. The Morgan fingerprint density at radius 3 is 2.06 bits per heavy atom. The molecule has 0 amide bonds. The average molecular weight is 244 g/mol. The Bertz CT molecular complexity index is 501.